The van der Waals surface area contributed by atoms with E-state index in [-0.39, 0.29) is 12.2 Å². The lowest BCUT2D eigenvalue weighted by Crippen LogP contribution is -2.47. The van der Waals surface area contributed by atoms with Gasteiger partial charge in [0.15, 0.2) is 6.29 Å². The quantitative estimate of drug-likeness (QED) is 0.409. The van der Waals surface area contributed by atoms with Gasteiger partial charge in [0.1, 0.15) is 12.0 Å². The van der Waals surface area contributed by atoms with Crippen molar-refractivity contribution in [1.29, 1.82) is 0 Å². The maximum absolute atomic E-state index is 9.55. The van der Waals surface area contributed by atoms with Gasteiger partial charge in [0.2, 0.25) is 0 Å². The van der Waals surface area contributed by atoms with Crippen molar-refractivity contribution in [2.24, 2.45) is 10.9 Å². The van der Waals surface area contributed by atoms with Gasteiger partial charge in [0.25, 0.3) is 0 Å². The van der Waals surface area contributed by atoms with Crippen LogP contribution in [0.15, 0.2) is 77.6 Å². The number of allylic oxidation sites excluding steroid dienone is 1. The summed E-state index contributed by atoms with van der Waals surface area (Å²) in [6.45, 7) is 7.60. The van der Waals surface area contributed by atoms with Crippen LogP contribution < -0.4 is 16.0 Å². The smallest absolute Gasteiger partial charge is 0.175 e. The standard InChI is InChI=1S/C22H26N6O/c1-4-18(20-10-12-24-22(28-20)26-15(3)29)19(5-2)27-21-9-8-17(14-25-21)16-7-6-11-23-13-16/h6-15,18,22,26,28-29H,2,4H2,1,3H3,(H,25,27). The van der Waals surface area contributed by atoms with Crippen LogP contribution in [0.25, 0.3) is 11.1 Å². The lowest BCUT2D eigenvalue weighted by Gasteiger charge is -2.28. The molecule has 3 unspecified atom stereocenters. The number of anilines is 1. The predicted molar refractivity (Wildman–Crippen MR) is 116 cm³/mol. The molecule has 0 bridgehead atoms. The number of pyridine rings is 2. The Bertz CT molecular complexity index is 914. The normalized spacial score (nSPS) is 17.5. The maximum Gasteiger partial charge on any atom is 0.175 e. The summed E-state index contributed by atoms with van der Waals surface area (Å²) in [7, 11) is 0. The van der Waals surface area contributed by atoms with Gasteiger partial charge in [-0.05, 0) is 37.6 Å². The lowest BCUT2D eigenvalue weighted by molar-refractivity contribution is 0.136. The van der Waals surface area contributed by atoms with E-state index >= 15 is 0 Å². The van der Waals surface area contributed by atoms with Crippen molar-refractivity contribution < 1.29 is 5.11 Å². The zero-order chi connectivity index (χ0) is 20.6. The summed E-state index contributed by atoms with van der Waals surface area (Å²) in [6.07, 6.45) is 8.81. The topological polar surface area (TPSA) is 94.5 Å². The van der Waals surface area contributed by atoms with E-state index in [9.17, 15) is 5.11 Å². The first-order valence-electron chi connectivity index (χ1n) is 9.58. The minimum atomic E-state index is -0.667. The number of rotatable bonds is 8. The second-order valence-electron chi connectivity index (χ2n) is 6.66. The van der Waals surface area contributed by atoms with Crippen LogP contribution in [0.2, 0.25) is 0 Å². The molecule has 2 aromatic heterocycles. The Hall–Kier alpha value is -3.25. The number of hydrogen-bond acceptors (Lipinski definition) is 7. The molecule has 4 N–H and O–H groups in total. The highest BCUT2D eigenvalue weighted by Crippen LogP contribution is 2.25. The number of nitrogens with one attached hydrogen (secondary N) is 3. The molecule has 29 heavy (non-hydrogen) atoms. The van der Waals surface area contributed by atoms with Gasteiger partial charge in [-0.1, -0.05) is 19.6 Å². The van der Waals surface area contributed by atoms with Gasteiger partial charge in [-0.25, -0.2) is 4.98 Å². The summed E-state index contributed by atoms with van der Waals surface area (Å²) < 4.78 is 0. The van der Waals surface area contributed by atoms with Crippen LogP contribution in [0.3, 0.4) is 0 Å². The number of aliphatic hydroxyl groups excluding tert-OH is 1. The van der Waals surface area contributed by atoms with Crippen LogP contribution >= 0.6 is 0 Å². The van der Waals surface area contributed by atoms with Gasteiger partial charge < -0.3 is 15.7 Å². The van der Waals surface area contributed by atoms with Crippen LogP contribution in [-0.4, -0.2) is 33.8 Å². The van der Waals surface area contributed by atoms with E-state index in [1.807, 2.05) is 42.7 Å². The second kappa shape index (κ2) is 9.80. The molecular weight excluding hydrogens is 364 g/mol. The molecule has 1 aliphatic rings. The fourth-order valence-corrected chi connectivity index (χ4v) is 3.13. The molecule has 0 radical (unpaired) electrons. The van der Waals surface area contributed by atoms with Crippen molar-refractivity contribution in [2.45, 2.75) is 32.8 Å². The molecule has 7 nitrogen and oxygen atoms in total. The molecule has 0 aromatic carbocycles. The molecule has 0 aliphatic carbocycles. The minimum absolute atomic E-state index is 0.0114. The Morgan fingerprint density at radius 1 is 1.31 bits per heavy atom. The summed E-state index contributed by atoms with van der Waals surface area (Å²) >= 11 is 0. The number of aliphatic hydroxyl groups is 1. The molecule has 0 saturated carbocycles. The van der Waals surface area contributed by atoms with Crippen molar-refractivity contribution >= 4 is 12.0 Å². The summed E-state index contributed by atoms with van der Waals surface area (Å²) in [5.74, 6) is 0.725. The summed E-state index contributed by atoms with van der Waals surface area (Å²) in [6, 6.07) is 7.83. The number of nitrogens with zero attached hydrogens (tertiary/aromatic N) is 3. The molecule has 2 aromatic rings. The van der Waals surface area contributed by atoms with Crippen molar-refractivity contribution in [3.63, 3.8) is 0 Å². The third-order valence-electron chi connectivity index (χ3n) is 4.54. The Morgan fingerprint density at radius 3 is 2.76 bits per heavy atom. The van der Waals surface area contributed by atoms with Crippen molar-refractivity contribution in [3.05, 3.63) is 72.6 Å². The zero-order valence-electron chi connectivity index (χ0n) is 16.6. The van der Waals surface area contributed by atoms with Gasteiger partial charge in [-0.15, -0.1) is 5.73 Å². The largest absolute Gasteiger partial charge is 0.379 e. The van der Waals surface area contributed by atoms with Crippen LogP contribution in [0.1, 0.15) is 20.3 Å². The molecule has 3 rings (SSSR count). The number of aromatic nitrogens is 2. The van der Waals surface area contributed by atoms with E-state index in [1.54, 1.807) is 19.3 Å². The zero-order valence-corrected chi connectivity index (χ0v) is 16.6. The number of aliphatic imine (C=N–C) groups is 1. The molecule has 0 spiro atoms. The minimum Gasteiger partial charge on any atom is -0.379 e. The monoisotopic (exact) mass is 390 g/mol. The molecule has 0 fully saturated rings. The molecule has 3 atom stereocenters. The highest BCUT2D eigenvalue weighted by molar-refractivity contribution is 5.73. The molecule has 3 heterocycles. The Labute approximate surface area is 171 Å². The summed E-state index contributed by atoms with van der Waals surface area (Å²) in [5, 5.41) is 19.1. The first kappa shape index (κ1) is 20.5. The van der Waals surface area contributed by atoms with Gasteiger partial charge in [0, 0.05) is 47.5 Å². The molecule has 150 valence electrons. The van der Waals surface area contributed by atoms with Crippen molar-refractivity contribution in [2.75, 3.05) is 5.32 Å². The maximum atomic E-state index is 9.55. The predicted octanol–water partition coefficient (Wildman–Crippen LogP) is 3.02. The molecule has 7 heteroatoms. The number of hydrogen-bond donors (Lipinski definition) is 4. The van der Waals surface area contributed by atoms with E-state index in [0.717, 1.165) is 28.9 Å². The Morgan fingerprint density at radius 2 is 2.14 bits per heavy atom. The van der Waals surface area contributed by atoms with E-state index in [1.165, 1.54) is 0 Å². The van der Waals surface area contributed by atoms with E-state index in [4.69, 9.17) is 0 Å². The Balaban J connectivity index is 1.72. The van der Waals surface area contributed by atoms with Crippen LogP contribution in [-0.2, 0) is 0 Å². The van der Waals surface area contributed by atoms with Gasteiger partial charge in [0.05, 0.1) is 5.70 Å². The average Bonchev–Trinajstić information content (AvgIpc) is 2.74. The summed E-state index contributed by atoms with van der Waals surface area (Å²) in [4.78, 5) is 12.9. The lowest BCUT2D eigenvalue weighted by atomic mass is 9.97. The van der Waals surface area contributed by atoms with Gasteiger partial charge in [-0.2, -0.15) is 0 Å². The van der Waals surface area contributed by atoms with Gasteiger partial charge in [-0.3, -0.25) is 15.3 Å². The van der Waals surface area contributed by atoms with Crippen molar-refractivity contribution in [1.82, 2.24) is 20.6 Å². The highest BCUT2D eigenvalue weighted by Gasteiger charge is 2.22. The highest BCUT2D eigenvalue weighted by atomic mass is 16.3. The third kappa shape index (κ3) is 5.39. The third-order valence-corrected chi connectivity index (χ3v) is 4.54. The van der Waals surface area contributed by atoms with E-state index in [2.05, 4.69) is 50.1 Å². The second-order valence-corrected chi connectivity index (χ2v) is 6.66. The van der Waals surface area contributed by atoms with Crippen LogP contribution in [0.5, 0.6) is 0 Å². The van der Waals surface area contributed by atoms with E-state index in [0.29, 0.717) is 5.82 Å². The summed E-state index contributed by atoms with van der Waals surface area (Å²) in [5.41, 5.74) is 6.81. The van der Waals surface area contributed by atoms with Crippen LogP contribution in [0.4, 0.5) is 5.82 Å². The van der Waals surface area contributed by atoms with Gasteiger partial charge >= 0.3 is 0 Å². The van der Waals surface area contributed by atoms with E-state index < -0.39 is 6.23 Å². The first-order valence-corrected chi connectivity index (χ1v) is 9.58. The fraction of sp³-hybridized carbons (Fsp3) is 0.273. The molecular formula is C22H26N6O. The van der Waals surface area contributed by atoms with Crippen molar-refractivity contribution in [3.8, 4) is 11.1 Å². The first-order chi connectivity index (χ1) is 14.1. The molecule has 0 amide bonds. The van der Waals surface area contributed by atoms with Crippen LogP contribution in [0, 0.1) is 5.92 Å². The average molecular weight is 390 g/mol. The fourth-order valence-electron chi connectivity index (χ4n) is 3.13. The SMILES string of the molecule is C=C=C(Nc1ccc(-c2cccnc2)cn1)C(CC)C1=CC=NC(NC(C)O)N1. The molecule has 1 aliphatic heterocycles. The Kier molecular flexibility index (Phi) is 6.92. The molecule has 0 saturated heterocycles.